The number of phenolic OH excluding ortho intramolecular Hbond substituents is 1. The standard InChI is InChI=1S/C14H13NO2/c1-9-3-2-4-12-13(9)17-14(15-12)10-5-7-11(16)8-6-10/h2-8,14-16H,1H3. The highest BCUT2D eigenvalue weighted by Crippen LogP contribution is 2.40. The number of ether oxygens (including phenoxy) is 1. The van der Waals surface area contributed by atoms with Crippen LogP contribution in [0.5, 0.6) is 11.5 Å². The largest absolute Gasteiger partial charge is 0.508 e. The predicted molar refractivity (Wildman–Crippen MR) is 66.3 cm³/mol. The molecule has 0 fully saturated rings. The van der Waals surface area contributed by atoms with E-state index in [1.165, 1.54) is 0 Å². The molecule has 1 heterocycles. The van der Waals surface area contributed by atoms with Crippen molar-refractivity contribution in [3.63, 3.8) is 0 Å². The first kappa shape index (κ1) is 10.0. The van der Waals surface area contributed by atoms with Gasteiger partial charge in [0.25, 0.3) is 0 Å². The summed E-state index contributed by atoms with van der Waals surface area (Å²) in [6.45, 7) is 2.03. The molecule has 0 saturated carbocycles. The Hall–Kier alpha value is -2.16. The maximum absolute atomic E-state index is 9.26. The van der Waals surface area contributed by atoms with Crippen molar-refractivity contribution in [3.8, 4) is 11.5 Å². The zero-order valence-corrected chi connectivity index (χ0v) is 9.47. The van der Waals surface area contributed by atoms with Gasteiger partial charge < -0.3 is 15.2 Å². The maximum atomic E-state index is 9.26. The Morgan fingerprint density at radius 2 is 1.88 bits per heavy atom. The highest BCUT2D eigenvalue weighted by atomic mass is 16.5. The first-order valence-corrected chi connectivity index (χ1v) is 5.56. The molecular formula is C14H13NO2. The van der Waals surface area contributed by atoms with Gasteiger partial charge in [0.15, 0.2) is 6.23 Å². The van der Waals surface area contributed by atoms with Crippen LogP contribution in [0, 0.1) is 6.92 Å². The lowest BCUT2D eigenvalue weighted by atomic mass is 10.2. The second-order valence-corrected chi connectivity index (χ2v) is 4.19. The molecule has 3 rings (SSSR count). The average Bonchev–Trinajstić information content (AvgIpc) is 2.75. The van der Waals surface area contributed by atoms with Gasteiger partial charge in [0, 0.05) is 5.56 Å². The lowest BCUT2D eigenvalue weighted by Gasteiger charge is -2.11. The summed E-state index contributed by atoms with van der Waals surface area (Å²) in [5.41, 5.74) is 3.14. The van der Waals surface area contributed by atoms with E-state index >= 15 is 0 Å². The lowest BCUT2D eigenvalue weighted by molar-refractivity contribution is 0.258. The van der Waals surface area contributed by atoms with Crippen LogP contribution >= 0.6 is 0 Å². The summed E-state index contributed by atoms with van der Waals surface area (Å²) >= 11 is 0. The number of aryl methyl sites for hydroxylation is 1. The second kappa shape index (κ2) is 3.70. The molecule has 0 spiro atoms. The molecule has 1 aliphatic heterocycles. The summed E-state index contributed by atoms with van der Waals surface area (Å²) in [6, 6.07) is 13.1. The molecule has 86 valence electrons. The van der Waals surface area contributed by atoms with Crippen LogP contribution in [0.15, 0.2) is 42.5 Å². The number of hydrogen-bond donors (Lipinski definition) is 2. The van der Waals surface area contributed by atoms with Gasteiger partial charge in [-0.05, 0) is 42.8 Å². The van der Waals surface area contributed by atoms with Crippen LogP contribution in [-0.4, -0.2) is 5.11 Å². The number of aromatic hydroxyl groups is 1. The number of anilines is 1. The molecule has 3 nitrogen and oxygen atoms in total. The highest BCUT2D eigenvalue weighted by molar-refractivity contribution is 5.63. The van der Waals surface area contributed by atoms with E-state index in [1.54, 1.807) is 12.1 Å². The number of benzene rings is 2. The van der Waals surface area contributed by atoms with Crippen molar-refractivity contribution in [1.82, 2.24) is 0 Å². The first-order chi connectivity index (χ1) is 8.24. The summed E-state index contributed by atoms with van der Waals surface area (Å²) in [4.78, 5) is 0. The summed E-state index contributed by atoms with van der Waals surface area (Å²) in [5, 5.41) is 12.6. The Morgan fingerprint density at radius 1 is 1.12 bits per heavy atom. The monoisotopic (exact) mass is 227 g/mol. The SMILES string of the molecule is Cc1cccc2c1OC(c1ccc(O)cc1)N2. The van der Waals surface area contributed by atoms with Crippen molar-refractivity contribution in [1.29, 1.82) is 0 Å². The van der Waals surface area contributed by atoms with E-state index in [0.29, 0.717) is 0 Å². The van der Waals surface area contributed by atoms with E-state index < -0.39 is 0 Å². The molecule has 0 amide bonds. The van der Waals surface area contributed by atoms with E-state index in [4.69, 9.17) is 4.74 Å². The second-order valence-electron chi connectivity index (χ2n) is 4.19. The fourth-order valence-electron chi connectivity index (χ4n) is 2.01. The zero-order valence-electron chi connectivity index (χ0n) is 9.47. The maximum Gasteiger partial charge on any atom is 0.196 e. The third kappa shape index (κ3) is 1.69. The molecule has 3 heteroatoms. The minimum Gasteiger partial charge on any atom is -0.508 e. The first-order valence-electron chi connectivity index (χ1n) is 5.56. The van der Waals surface area contributed by atoms with Gasteiger partial charge in [-0.2, -0.15) is 0 Å². The van der Waals surface area contributed by atoms with Gasteiger partial charge in [0.05, 0.1) is 5.69 Å². The summed E-state index contributed by atoms with van der Waals surface area (Å²) in [5.74, 6) is 1.17. The van der Waals surface area contributed by atoms with Crippen molar-refractivity contribution >= 4 is 5.69 Å². The van der Waals surface area contributed by atoms with Crippen molar-refractivity contribution in [2.75, 3.05) is 5.32 Å². The Bertz CT molecular complexity index is 549. The van der Waals surface area contributed by atoms with Crippen molar-refractivity contribution < 1.29 is 9.84 Å². The van der Waals surface area contributed by atoms with E-state index in [2.05, 4.69) is 5.32 Å². The third-order valence-electron chi connectivity index (χ3n) is 2.93. The summed E-state index contributed by atoms with van der Waals surface area (Å²) in [6.07, 6.45) is -0.174. The molecule has 1 atom stereocenters. The quantitative estimate of drug-likeness (QED) is 0.786. The van der Waals surface area contributed by atoms with E-state index in [9.17, 15) is 5.11 Å². The van der Waals surface area contributed by atoms with Crippen molar-refractivity contribution in [3.05, 3.63) is 53.6 Å². The highest BCUT2D eigenvalue weighted by Gasteiger charge is 2.24. The van der Waals surface area contributed by atoms with Gasteiger partial charge in [-0.15, -0.1) is 0 Å². The molecule has 1 unspecified atom stereocenters. The van der Waals surface area contributed by atoms with Crippen molar-refractivity contribution in [2.24, 2.45) is 0 Å². The summed E-state index contributed by atoms with van der Waals surface area (Å²) < 4.78 is 5.87. The topological polar surface area (TPSA) is 41.5 Å². The van der Waals surface area contributed by atoms with Crippen LogP contribution in [0.2, 0.25) is 0 Å². The lowest BCUT2D eigenvalue weighted by Crippen LogP contribution is -2.09. The molecular weight excluding hydrogens is 214 g/mol. The Morgan fingerprint density at radius 3 is 2.59 bits per heavy atom. The molecule has 0 radical (unpaired) electrons. The number of phenols is 1. The molecule has 0 saturated heterocycles. The molecule has 0 bridgehead atoms. The van der Waals surface area contributed by atoms with Gasteiger partial charge >= 0.3 is 0 Å². The number of fused-ring (bicyclic) bond motifs is 1. The normalized spacial score (nSPS) is 17.1. The van der Waals surface area contributed by atoms with Crippen LogP contribution in [0.4, 0.5) is 5.69 Å². The van der Waals surface area contributed by atoms with Crippen LogP contribution in [0.25, 0.3) is 0 Å². The number of rotatable bonds is 1. The smallest absolute Gasteiger partial charge is 0.196 e. The van der Waals surface area contributed by atoms with E-state index in [1.807, 2.05) is 37.3 Å². The predicted octanol–water partition coefficient (Wildman–Crippen LogP) is 3.20. The number of hydrogen-bond acceptors (Lipinski definition) is 3. The summed E-state index contributed by atoms with van der Waals surface area (Å²) in [7, 11) is 0. The molecule has 2 aromatic carbocycles. The van der Waals surface area contributed by atoms with Crippen LogP contribution in [-0.2, 0) is 0 Å². The molecule has 17 heavy (non-hydrogen) atoms. The van der Waals surface area contributed by atoms with Gasteiger partial charge in [-0.25, -0.2) is 0 Å². The fourth-order valence-corrected chi connectivity index (χ4v) is 2.01. The van der Waals surface area contributed by atoms with Gasteiger partial charge in [0.1, 0.15) is 11.5 Å². The molecule has 2 N–H and O–H groups in total. The Labute approximate surface area is 99.7 Å². The van der Waals surface area contributed by atoms with Crippen LogP contribution in [0.1, 0.15) is 17.4 Å². The number of nitrogens with one attached hydrogen (secondary N) is 1. The average molecular weight is 227 g/mol. The van der Waals surface area contributed by atoms with Gasteiger partial charge in [-0.1, -0.05) is 12.1 Å². The van der Waals surface area contributed by atoms with Gasteiger partial charge in [-0.3, -0.25) is 0 Å². The van der Waals surface area contributed by atoms with Crippen LogP contribution < -0.4 is 10.1 Å². The minimum absolute atomic E-state index is 0.174. The minimum atomic E-state index is -0.174. The van der Waals surface area contributed by atoms with Crippen LogP contribution in [0.3, 0.4) is 0 Å². The van der Waals surface area contributed by atoms with Gasteiger partial charge in [0.2, 0.25) is 0 Å². The fraction of sp³-hybridized carbons (Fsp3) is 0.143. The van der Waals surface area contributed by atoms with E-state index in [0.717, 1.165) is 22.6 Å². The molecule has 0 aromatic heterocycles. The Kier molecular flexibility index (Phi) is 2.18. The molecule has 0 aliphatic carbocycles. The third-order valence-corrected chi connectivity index (χ3v) is 2.93. The molecule has 1 aliphatic rings. The number of para-hydroxylation sites is 1. The molecule has 2 aromatic rings. The van der Waals surface area contributed by atoms with Crippen molar-refractivity contribution in [2.45, 2.75) is 13.2 Å². The zero-order chi connectivity index (χ0) is 11.8. The van der Waals surface area contributed by atoms with E-state index in [-0.39, 0.29) is 12.0 Å². The Balaban J connectivity index is 1.91.